The van der Waals surface area contributed by atoms with Gasteiger partial charge in [-0.25, -0.2) is 0 Å². The van der Waals surface area contributed by atoms with E-state index >= 15 is 0 Å². The fourth-order valence-corrected chi connectivity index (χ4v) is 1.72. The molecule has 27 heavy (non-hydrogen) atoms. The summed E-state index contributed by atoms with van der Waals surface area (Å²) in [4.78, 5) is 0. The molecule has 0 unspecified atom stereocenters. The number of allylic oxidation sites excluding steroid dienone is 3. The van der Waals surface area contributed by atoms with E-state index in [0.717, 1.165) is 0 Å². The summed E-state index contributed by atoms with van der Waals surface area (Å²) < 4.78 is 0. The van der Waals surface area contributed by atoms with Crippen LogP contribution < -0.4 is 0 Å². The van der Waals surface area contributed by atoms with E-state index in [4.69, 9.17) is 0 Å². The van der Waals surface area contributed by atoms with E-state index in [2.05, 4.69) is 74.8 Å². The topological polar surface area (TPSA) is 0 Å². The van der Waals surface area contributed by atoms with Gasteiger partial charge in [-0.15, -0.1) is 19.7 Å². The van der Waals surface area contributed by atoms with Crippen LogP contribution in [0, 0.1) is 0 Å². The van der Waals surface area contributed by atoms with Crippen molar-refractivity contribution < 1.29 is 0 Å². The SMILES string of the molecule is C=CC.C=CC.C=CC.C=Cc1ccccc1.c1ccc2ccccc2c1. The quantitative estimate of drug-likeness (QED) is 0.381. The Morgan fingerprint density at radius 1 is 0.481 bits per heavy atom. The first-order chi connectivity index (χ1) is 13.1. The second-order valence-corrected chi connectivity index (χ2v) is 5.19. The third-order valence-corrected chi connectivity index (χ3v) is 2.69. The fraction of sp³-hybridized carbons (Fsp3) is 0.111. The zero-order valence-corrected chi connectivity index (χ0v) is 17.1. The van der Waals surface area contributed by atoms with Crippen molar-refractivity contribution in [1.82, 2.24) is 0 Å². The molecule has 0 amide bonds. The molecule has 0 heterocycles. The summed E-state index contributed by atoms with van der Waals surface area (Å²) in [6.07, 6.45) is 7.08. The molecule has 0 aliphatic carbocycles. The van der Waals surface area contributed by atoms with Crippen molar-refractivity contribution in [3.8, 4) is 0 Å². The van der Waals surface area contributed by atoms with Crippen LogP contribution in [0.3, 0.4) is 0 Å². The van der Waals surface area contributed by atoms with E-state index in [9.17, 15) is 0 Å². The Balaban J connectivity index is 0. The Morgan fingerprint density at radius 3 is 0.963 bits per heavy atom. The van der Waals surface area contributed by atoms with Crippen LogP contribution in [0.1, 0.15) is 26.3 Å². The van der Waals surface area contributed by atoms with Gasteiger partial charge in [-0.3, -0.25) is 0 Å². The lowest BCUT2D eigenvalue weighted by atomic mass is 10.1. The minimum absolute atomic E-state index is 1.17. The molecule has 0 aliphatic heterocycles. The van der Waals surface area contributed by atoms with Crippen LogP contribution in [-0.4, -0.2) is 0 Å². The Bertz CT molecular complexity index is 656. The molecule has 0 saturated heterocycles. The van der Waals surface area contributed by atoms with Crippen molar-refractivity contribution in [2.45, 2.75) is 20.8 Å². The number of fused-ring (bicyclic) bond motifs is 1. The van der Waals surface area contributed by atoms with Gasteiger partial charge in [0.05, 0.1) is 0 Å². The average Bonchev–Trinajstić information content (AvgIpc) is 2.71. The predicted octanol–water partition coefficient (Wildman–Crippen LogP) is 8.75. The van der Waals surface area contributed by atoms with E-state index in [0.29, 0.717) is 0 Å². The second-order valence-electron chi connectivity index (χ2n) is 5.19. The van der Waals surface area contributed by atoms with Gasteiger partial charge in [0.1, 0.15) is 0 Å². The van der Waals surface area contributed by atoms with Crippen molar-refractivity contribution >= 4 is 16.8 Å². The maximum atomic E-state index is 3.63. The molecule has 0 bridgehead atoms. The van der Waals surface area contributed by atoms with Crippen LogP contribution in [0.2, 0.25) is 0 Å². The highest BCUT2D eigenvalue weighted by Crippen LogP contribution is 2.11. The minimum Gasteiger partial charge on any atom is -0.103 e. The first kappa shape index (κ1) is 26.1. The highest BCUT2D eigenvalue weighted by molar-refractivity contribution is 5.82. The molecule has 0 heteroatoms. The summed E-state index contributed by atoms with van der Waals surface area (Å²) in [6.45, 7) is 19.4. The van der Waals surface area contributed by atoms with Gasteiger partial charge >= 0.3 is 0 Å². The molecule has 3 aromatic carbocycles. The molecular weight excluding hydrogens is 324 g/mol. The van der Waals surface area contributed by atoms with E-state index in [1.807, 2.05) is 57.2 Å². The predicted molar refractivity (Wildman–Crippen MR) is 128 cm³/mol. The summed E-state index contributed by atoms with van der Waals surface area (Å²) in [5.74, 6) is 0. The summed E-state index contributed by atoms with van der Waals surface area (Å²) in [6, 6.07) is 26.7. The molecule has 0 aromatic heterocycles. The van der Waals surface area contributed by atoms with Crippen LogP contribution in [0.25, 0.3) is 16.8 Å². The standard InChI is InChI=1S/C10H8.C8H8.3C3H6/c1-2-6-10-8-4-3-7-9(10)5-1;1-2-8-6-4-3-5-7-8;3*1-3-2/h1-8H;2-7H,1H2;3*3H,1H2,2H3. The molecule has 3 aromatic rings. The highest BCUT2D eigenvalue weighted by atomic mass is 13.9. The Labute approximate surface area is 166 Å². The molecular formula is C27H34. The van der Waals surface area contributed by atoms with Gasteiger partial charge < -0.3 is 0 Å². The van der Waals surface area contributed by atoms with Crippen molar-refractivity contribution in [2.24, 2.45) is 0 Å². The normalized spacial score (nSPS) is 7.67. The van der Waals surface area contributed by atoms with Crippen molar-refractivity contribution in [3.63, 3.8) is 0 Å². The maximum absolute atomic E-state index is 3.63. The van der Waals surface area contributed by atoms with Gasteiger partial charge in [0.25, 0.3) is 0 Å². The van der Waals surface area contributed by atoms with Crippen LogP contribution in [0.5, 0.6) is 0 Å². The van der Waals surface area contributed by atoms with E-state index in [1.54, 1.807) is 18.2 Å². The number of rotatable bonds is 1. The summed E-state index contributed by atoms with van der Waals surface area (Å²) >= 11 is 0. The van der Waals surface area contributed by atoms with E-state index in [1.165, 1.54) is 16.3 Å². The Morgan fingerprint density at radius 2 is 0.741 bits per heavy atom. The molecule has 0 N–H and O–H groups in total. The number of hydrogen-bond acceptors (Lipinski definition) is 0. The van der Waals surface area contributed by atoms with Crippen LogP contribution in [-0.2, 0) is 0 Å². The molecule has 0 saturated carbocycles. The fourth-order valence-electron chi connectivity index (χ4n) is 1.72. The van der Waals surface area contributed by atoms with Crippen molar-refractivity contribution in [3.05, 3.63) is 129 Å². The molecule has 0 spiro atoms. The molecule has 0 nitrogen and oxygen atoms in total. The lowest BCUT2D eigenvalue weighted by Gasteiger charge is -1.92. The Hall–Kier alpha value is -3.12. The Kier molecular flexibility index (Phi) is 20.2. The molecule has 3 rings (SSSR count). The monoisotopic (exact) mass is 358 g/mol. The van der Waals surface area contributed by atoms with Gasteiger partial charge in [0.2, 0.25) is 0 Å². The number of benzene rings is 3. The zero-order valence-electron chi connectivity index (χ0n) is 17.1. The molecule has 0 atom stereocenters. The average molecular weight is 359 g/mol. The lowest BCUT2D eigenvalue weighted by molar-refractivity contribution is 1.67. The van der Waals surface area contributed by atoms with Crippen LogP contribution in [0.4, 0.5) is 0 Å². The largest absolute Gasteiger partial charge is 0.103 e. The van der Waals surface area contributed by atoms with Gasteiger partial charge in [-0.05, 0) is 37.1 Å². The summed E-state index contributed by atoms with van der Waals surface area (Å²) in [7, 11) is 0. The van der Waals surface area contributed by atoms with Gasteiger partial charge in [-0.1, -0.05) is 110 Å². The van der Waals surface area contributed by atoms with Gasteiger partial charge in [-0.2, -0.15) is 0 Å². The molecule has 0 aliphatic rings. The third kappa shape index (κ3) is 16.1. The van der Waals surface area contributed by atoms with E-state index in [-0.39, 0.29) is 0 Å². The lowest BCUT2D eigenvalue weighted by Crippen LogP contribution is -1.67. The van der Waals surface area contributed by atoms with Crippen LogP contribution >= 0.6 is 0 Å². The molecule has 0 radical (unpaired) electrons. The summed E-state index contributed by atoms with van der Waals surface area (Å²) in [5.41, 5.74) is 1.17. The second kappa shape index (κ2) is 20.9. The smallest absolute Gasteiger partial charge is 0.0184 e. The number of hydrogen-bond donors (Lipinski definition) is 0. The van der Waals surface area contributed by atoms with E-state index < -0.39 is 0 Å². The summed E-state index contributed by atoms with van der Waals surface area (Å²) in [5, 5.41) is 2.62. The van der Waals surface area contributed by atoms with Gasteiger partial charge in [0, 0.05) is 0 Å². The van der Waals surface area contributed by atoms with Gasteiger partial charge in [0.15, 0.2) is 0 Å². The molecule has 142 valence electrons. The van der Waals surface area contributed by atoms with Crippen molar-refractivity contribution in [1.29, 1.82) is 0 Å². The van der Waals surface area contributed by atoms with Crippen LogP contribution in [0.15, 0.2) is 123 Å². The molecule has 0 fully saturated rings. The third-order valence-electron chi connectivity index (χ3n) is 2.69. The minimum atomic E-state index is 1.17. The maximum Gasteiger partial charge on any atom is -0.0184 e. The zero-order chi connectivity index (χ0) is 20.8. The van der Waals surface area contributed by atoms with Crippen molar-refractivity contribution in [2.75, 3.05) is 0 Å². The highest BCUT2D eigenvalue weighted by Gasteiger charge is 1.85. The first-order valence-electron chi connectivity index (χ1n) is 8.97. The first-order valence-corrected chi connectivity index (χ1v) is 8.97.